The quantitative estimate of drug-likeness (QED) is 0.597. The van der Waals surface area contributed by atoms with E-state index in [9.17, 15) is 23.1 Å². The Hall–Kier alpha value is -3.20. The van der Waals surface area contributed by atoms with Gasteiger partial charge in [-0.25, -0.2) is 0 Å². The van der Waals surface area contributed by atoms with Gasteiger partial charge in [0, 0.05) is 18.3 Å². The number of fused-ring (bicyclic) bond motifs is 1. The number of amides is 1. The molecular weight excluding hydrogens is 445 g/mol. The highest BCUT2D eigenvalue weighted by atomic mass is 19.4. The fraction of sp³-hybridized carbons (Fsp3) is 0.400. The minimum atomic E-state index is -4.63. The number of hydrogen-bond donors (Lipinski definition) is 1. The van der Waals surface area contributed by atoms with Crippen molar-refractivity contribution in [3.05, 3.63) is 76.4 Å². The van der Waals surface area contributed by atoms with Crippen LogP contribution in [0, 0.1) is 5.92 Å². The van der Waals surface area contributed by atoms with E-state index in [0.29, 0.717) is 11.6 Å². The highest BCUT2D eigenvalue weighted by Crippen LogP contribution is 2.52. The minimum Gasteiger partial charge on any atom is -0.389 e. The molecule has 5 rings (SSSR count). The monoisotopic (exact) mass is 470 g/mol. The van der Waals surface area contributed by atoms with Gasteiger partial charge in [0.05, 0.1) is 23.6 Å². The molecule has 1 aromatic heterocycles. The number of hydrogen-bond acceptors (Lipinski definition) is 4. The van der Waals surface area contributed by atoms with Gasteiger partial charge in [0.15, 0.2) is 0 Å². The van der Waals surface area contributed by atoms with E-state index in [1.807, 2.05) is 29.8 Å². The molecule has 178 valence electrons. The first-order chi connectivity index (χ1) is 16.0. The molecule has 0 spiro atoms. The van der Waals surface area contributed by atoms with E-state index in [1.165, 1.54) is 17.9 Å². The number of nitrogens with zero attached hydrogens (tertiary/aromatic N) is 4. The van der Waals surface area contributed by atoms with Crippen molar-refractivity contribution in [2.45, 2.75) is 50.9 Å². The number of aliphatic hydroxyl groups excluding tert-OH is 1. The summed E-state index contributed by atoms with van der Waals surface area (Å²) in [7, 11) is 1.89. The summed E-state index contributed by atoms with van der Waals surface area (Å²) in [5, 5.41) is 18.3. The molecule has 6 nitrogen and oxygen atoms in total. The molecule has 2 aliphatic rings. The SMILES string of the molecule is CC1CC(c2cccc(N3Cc4c(cc(C(C)O)cc4C(F)(F)F)C3=O)c2)(c2nncn2C)C1. The number of aliphatic hydroxyl groups is 1. The van der Waals surface area contributed by atoms with Crippen molar-refractivity contribution in [3.8, 4) is 0 Å². The van der Waals surface area contributed by atoms with E-state index in [-0.39, 0.29) is 28.7 Å². The Morgan fingerprint density at radius 1 is 1.21 bits per heavy atom. The van der Waals surface area contributed by atoms with Gasteiger partial charge in [-0.1, -0.05) is 19.1 Å². The number of aromatic nitrogens is 3. The number of carbonyl (C=O) groups is 1. The Labute approximate surface area is 195 Å². The molecule has 9 heteroatoms. The van der Waals surface area contributed by atoms with E-state index in [4.69, 9.17) is 0 Å². The molecule has 1 N–H and O–H groups in total. The smallest absolute Gasteiger partial charge is 0.389 e. The lowest BCUT2D eigenvalue weighted by Crippen LogP contribution is -2.43. The van der Waals surface area contributed by atoms with Gasteiger partial charge in [-0.2, -0.15) is 13.2 Å². The van der Waals surface area contributed by atoms with Crippen LogP contribution in [0.4, 0.5) is 18.9 Å². The molecule has 1 amide bonds. The second-order valence-electron chi connectivity index (χ2n) is 9.57. The number of rotatable bonds is 4. The Morgan fingerprint density at radius 2 is 1.94 bits per heavy atom. The first kappa shape index (κ1) is 22.6. The zero-order chi connectivity index (χ0) is 24.4. The summed E-state index contributed by atoms with van der Waals surface area (Å²) in [6.45, 7) is 3.37. The maximum Gasteiger partial charge on any atom is 0.416 e. The fourth-order valence-corrected chi connectivity index (χ4v) is 5.50. The van der Waals surface area contributed by atoms with Crippen LogP contribution in [-0.4, -0.2) is 25.8 Å². The van der Waals surface area contributed by atoms with E-state index in [1.54, 1.807) is 12.4 Å². The van der Waals surface area contributed by atoms with Gasteiger partial charge in [0.25, 0.3) is 5.91 Å². The van der Waals surface area contributed by atoms with E-state index in [0.717, 1.165) is 30.3 Å². The van der Waals surface area contributed by atoms with E-state index >= 15 is 0 Å². The van der Waals surface area contributed by atoms with Crippen LogP contribution in [0.5, 0.6) is 0 Å². The normalized spacial score (nSPS) is 23.1. The number of anilines is 1. The van der Waals surface area contributed by atoms with Crippen LogP contribution < -0.4 is 4.90 Å². The van der Waals surface area contributed by atoms with Crippen LogP contribution in [0.1, 0.15) is 71.2 Å². The molecule has 1 aliphatic carbocycles. The fourth-order valence-electron chi connectivity index (χ4n) is 5.50. The van der Waals surface area contributed by atoms with Crippen molar-refractivity contribution in [3.63, 3.8) is 0 Å². The van der Waals surface area contributed by atoms with Crippen LogP contribution in [0.3, 0.4) is 0 Å². The van der Waals surface area contributed by atoms with Crippen LogP contribution in [0.25, 0.3) is 0 Å². The minimum absolute atomic E-state index is 0.0172. The van der Waals surface area contributed by atoms with Gasteiger partial charge in [0.2, 0.25) is 0 Å². The van der Waals surface area contributed by atoms with Crippen LogP contribution >= 0.6 is 0 Å². The molecule has 1 unspecified atom stereocenters. The summed E-state index contributed by atoms with van der Waals surface area (Å²) in [5.74, 6) is 0.820. The van der Waals surface area contributed by atoms with Gasteiger partial charge in [-0.05, 0) is 66.6 Å². The van der Waals surface area contributed by atoms with Crippen LogP contribution in [0.2, 0.25) is 0 Å². The molecule has 2 aromatic carbocycles. The number of benzene rings is 2. The summed E-state index contributed by atoms with van der Waals surface area (Å²) in [6.07, 6.45) is -2.36. The van der Waals surface area contributed by atoms with Gasteiger partial charge in [0.1, 0.15) is 12.2 Å². The molecule has 0 bridgehead atoms. The highest BCUT2D eigenvalue weighted by Gasteiger charge is 2.48. The molecule has 1 aliphatic heterocycles. The lowest BCUT2D eigenvalue weighted by Gasteiger charge is -2.46. The predicted molar refractivity (Wildman–Crippen MR) is 119 cm³/mol. The predicted octanol–water partition coefficient (Wildman–Crippen LogP) is 4.76. The first-order valence-electron chi connectivity index (χ1n) is 11.2. The van der Waals surface area contributed by atoms with Crippen molar-refractivity contribution < 1.29 is 23.1 Å². The molecule has 1 atom stereocenters. The highest BCUT2D eigenvalue weighted by molar-refractivity contribution is 6.10. The zero-order valence-electron chi connectivity index (χ0n) is 19.1. The summed E-state index contributed by atoms with van der Waals surface area (Å²) in [4.78, 5) is 14.7. The van der Waals surface area contributed by atoms with Gasteiger partial charge < -0.3 is 14.6 Å². The molecule has 0 radical (unpaired) electrons. The third kappa shape index (κ3) is 3.41. The molecular formula is C25H25F3N4O2. The maximum absolute atomic E-state index is 13.8. The second-order valence-corrected chi connectivity index (χ2v) is 9.57. The summed E-state index contributed by atoms with van der Waals surface area (Å²) in [6, 6.07) is 9.74. The maximum atomic E-state index is 13.8. The van der Waals surface area contributed by atoms with Crippen LogP contribution in [-0.2, 0) is 25.2 Å². The van der Waals surface area contributed by atoms with Crippen molar-refractivity contribution in [2.75, 3.05) is 4.90 Å². The van der Waals surface area contributed by atoms with Crippen LogP contribution in [0.15, 0.2) is 42.7 Å². The van der Waals surface area contributed by atoms with Crippen molar-refractivity contribution in [2.24, 2.45) is 13.0 Å². The van der Waals surface area contributed by atoms with Crippen molar-refractivity contribution >= 4 is 11.6 Å². The second kappa shape index (κ2) is 7.66. The molecule has 34 heavy (non-hydrogen) atoms. The Morgan fingerprint density at radius 3 is 2.53 bits per heavy atom. The largest absolute Gasteiger partial charge is 0.416 e. The average molecular weight is 470 g/mol. The van der Waals surface area contributed by atoms with E-state index < -0.39 is 23.8 Å². The molecule has 2 heterocycles. The topological polar surface area (TPSA) is 71.2 Å². The summed E-state index contributed by atoms with van der Waals surface area (Å²) < 4.78 is 43.4. The molecule has 0 saturated heterocycles. The number of aryl methyl sites for hydroxylation is 1. The average Bonchev–Trinajstić information content (AvgIpc) is 3.33. The van der Waals surface area contributed by atoms with Crippen molar-refractivity contribution in [1.82, 2.24) is 14.8 Å². The summed E-state index contributed by atoms with van der Waals surface area (Å²) in [5.41, 5.74) is 0.252. The van der Waals surface area contributed by atoms with E-state index in [2.05, 4.69) is 17.1 Å². The lowest BCUT2D eigenvalue weighted by molar-refractivity contribution is -0.138. The lowest BCUT2D eigenvalue weighted by atomic mass is 9.58. The number of carbonyl (C=O) groups excluding carboxylic acids is 1. The molecule has 1 fully saturated rings. The Bertz CT molecular complexity index is 1280. The third-order valence-electron chi connectivity index (χ3n) is 7.10. The summed E-state index contributed by atoms with van der Waals surface area (Å²) >= 11 is 0. The standard InChI is InChI=1S/C25H25F3N4O2/c1-14-10-24(11-14,23-30-29-13-31(23)3)17-5-4-6-18(9-17)32-12-20-19(22(32)34)7-16(15(2)33)8-21(20)25(26,27)28/h4-9,13-15,33H,10-12H2,1-3H3. The van der Waals surface area contributed by atoms with Gasteiger partial charge >= 0.3 is 6.18 Å². The molecule has 1 saturated carbocycles. The van der Waals surface area contributed by atoms with Gasteiger partial charge in [-0.3, -0.25) is 4.79 Å². The number of halogens is 3. The van der Waals surface area contributed by atoms with Crippen molar-refractivity contribution in [1.29, 1.82) is 0 Å². The Balaban J connectivity index is 1.57. The number of alkyl halides is 3. The Kier molecular flexibility index (Phi) is 5.09. The van der Waals surface area contributed by atoms with Gasteiger partial charge in [-0.15, -0.1) is 10.2 Å². The first-order valence-corrected chi connectivity index (χ1v) is 11.2. The zero-order valence-corrected chi connectivity index (χ0v) is 19.1. The molecule has 3 aromatic rings. The third-order valence-corrected chi connectivity index (χ3v) is 7.10.